The third kappa shape index (κ3) is 3.01. The second-order valence-corrected chi connectivity index (χ2v) is 6.38. The normalized spacial score (nSPS) is 12.9. The lowest BCUT2D eigenvalue weighted by Gasteiger charge is -2.15. The summed E-state index contributed by atoms with van der Waals surface area (Å²) in [5.41, 5.74) is 0. The average Bonchev–Trinajstić information content (AvgIpc) is 3.11. The summed E-state index contributed by atoms with van der Waals surface area (Å²) < 4.78 is 3.61. The molecule has 0 fully saturated rings. The Balaban J connectivity index is 1.85. The number of rotatable bonds is 6. The molecule has 2 heterocycles. The predicted octanol–water partition coefficient (Wildman–Crippen LogP) is 4.01. The van der Waals surface area contributed by atoms with Crippen LogP contribution in [0.25, 0.3) is 10.1 Å². The zero-order chi connectivity index (χ0) is 14.7. The monoisotopic (exact) mass is 299 g/mol. The van der Waals surface area contributed by atoms with Crippen molar-refractivity contribution in [2.45, 2.75) is 32.4 Å². The lowest BCUT2D eigenvalue weighted by molar-refractivity contribution is 0.549. The topological polar surface area (TPSA) is 29.9 Å². The average molecular weight is 299 g/mol. The summed E-state index contributed by atoms with van der Waals surface area (Å²) in [6, 6.07) is 11.2. The van der Waals surface area contributed by atoms with Crippen molar-refractivity contribution in [3.05, 3.63) is 53.4 Å². The Bertz CT molecular complexity index is 680. The molecule has 4 heteroatoms. The van der Waals surface area contributed by atoms with Gasteiger partial charge in [-0.2, -0.15) is 0 Å². The highest BCUT2D eigenvalue weighted by Crippen LogP contribution is 2.31. The van der Waals surface area contributed by atoms with Gasteiger partial charge in [0.25, 0.3) is 0 Å². The van der Waals surface area contributed by atoms with E-state index >= 15 is 0 Å². The zero-order valence-corrected chi connectivity index (χ0v) is 13.4. The molecule has 0 bridgehead atoms. The van der Waals surface area contributed by atoms with Crippen molar-refractivity contribution in [1.29, 1.82) is 0 Å². The van der Waals surface area contributed by atoms with Gasteiger partial charge < -0.3 is 9.88 Å². The molecule has 0 saturated carbocycles. The molecule has 0 aliphatic rings. The maximum atomic E-state index is 4.53. The van der Waals surface area contributed by atoms with Crippen LogP contribution in [0.4, 0.5) is 0 Å². The standard InChI is InChI=1S/C17H21N3S/c1-3-9-20-10-8-19-17(20)12-14(18-2)16-11-13-6-4-5-7-15(13)21-16/h4-8,10-11,14,18H,3,9,12H2,1-2H3. The van der Waals surface area contributed by atoms with E-state index in [4.69, 9.17) is 0 Å². The van der Waals surface area contributed by atoms with Crippen LogP contribution in [0, 0.1) is 0 Å². The molecule has 0 spiro atoms. The summed E-state index contributed by atoms with van der Waals surface area (Å²) >= 11 is 1.87. The fourth-order valence-electron chi connectivity index (χ4n) is 2.68. The number of likely N-dealkylation sites (N-methyl/N-ethyl adjacent to an activating group) is 1. The number of nitrogens with zero attached hydrogens (tertiary/aromatic N) is 2. The predicted molar refractivity (Wildman–Crippen MR) is 89.8 cm³/mol. The Hall–Kier alpha value is -1.65. The van der Waals surface area contributed by atoms with E-state index in [0.717, 1.165) is 25.2 Å². The van der Waals surface area contributed by atoms with E-state index in [-0.39, 0.29) is 0 Å². The minimum Gasteiger partial charge on any atom is -0.335 e. The van der Waals surface area contributed by atoms with Crippen LogP contribution in [0.15, 0.2) is 42.7 Å². The van der Waals surface area contributed by atoms with Crippen molar-refractivity contribution in [1.82, 2.24) is 14.9 Å². The van der Waals surface area contributed by atoms with Crippen LogP contribution in [-0.4, -0.2) is 16.6 Å². The molecule has 1 N–H and O–H groups in total. The maximum Gasteiger partial charge on any atom is 0.110 e. The molecular weight excluding hydrogens is 278 g/mol. The van der Waals surface area contributed by atoms with Crippen LogP contribution in [0.3, 0.4) is 0 Å². The first-order valence-electron chi connectivity index (χ1n) is 7.47. The van der Waals surface area contributed by atoms with E-state index < -0.39 is 0 Å². The highest BCUT2D eigenvalue weighted by Gasteiger charge is 2.16. The van der Waals surface area contributed by atoms with Gasteiger partial charge >= 0.3 is 0 Å². The van der Waals surface area contributed by atoms with Gasteiger partial charge in [-0.25, -0.2) is 4.98 Å². The molecule has 0 amide bonds. The molecule has 0 radical (unpaired) electrons. The fourth-order valence-corrected chi connectivity index (χ4v) is 3.85. The molecule has 0 saturated heterocycles. The number of nitrogens with one attached hydrogen (secondary N) is 1. The number of fused-ring (bicyclic) bond motifs is 1. The summed E-state index contributed by atoms with van der Waals surface area (Å²) in [6.07, 6.45) is 6.05. The Morgan fingerprint density at radius 1 is 1.33 bits per heavy atom. The zero-order valence-electron chi connectivity index (χ0n) is 12.5. The van der Waals surface area contributed by atoms with E-state index in [1.54, 1.807) is 0 Å². The van der Waals surface area contributed by atoms with E-state index in [9.17, 15) is 0 Å². The summed E-state index contributed by atoms with van der Waals surface area (Å²) in [5, 5.41) is 4.77. The van der Waals surface area contributed by atoms with Crippen molar-refractivity contribution >= 4 is 21.4 Å². The molecule has 3 nitrogen and oxygen atoms in total. The Kier molecular flexibility index (Phi) is 4.36. The SMILES string of the molecule is CCCn1ccnc1CC(NC)c1cc2ccccc2s1. The van der Waals surface area contributed by atoms with Crippen molar-refractivity contribution in [2.24, 2.45) is 0 Å². The molecule has 1 unspecified atom stereocenters. The first kappa shape index (κ1) is 14.3. The third-order valence-electron chi connectivity index (χ3n) is 3.79. The molecule has 1 atom stereocenters. The second kappa shape index (κ2) is 6.41. The van der Waals surface area contributed by atoms with Crippen LogP contribution in [-0.2, 0) is 13.0 Å². The van der Waals surface area contributed by atoms with Crippen LogP contribution in [0.2, 0.25) is 0 Å². The molecule has 1 aromatic carbocycles. The van der Waals surface area contributed by atoms with E-state index in [1.165, 1.54) is 15.0 Å². The maximum absolute atomic E-state index is 4.53. The highest BCUT2D eigenvalue weighted by molar-refractivity contribution is 7.19. The van der Waals surface area contributed by atoms with Crippen molar-refractivity contribution < 1.29 is 0 Å². The molecule has 2 aromatic heterocycles. The molecule has 0 aliphatic carbocycles. The van der Waals surface area contributed by atoms with E-state index in [0.29, 0.717) is 6.04 Å². The van der Waals surface area contributed by atoms with Gasteiger partial charge in [0.1, 0.15) is 5.82 Å². The van der Waals surface area contributed by atoms with E-state index in [1.807, 2.05) is 24.6 Å². The van der Waals surface area contributed by atoms with Gasteiger partial charge in [0, 0.05) is 41.0 Å². The summed E-state index contributed by atoms with van der Waals surface area (Å²) in [6.45, 7) is 3.24. The molecule has 3 rings (SSSR count). The van der Waals surface area contributed by atoms with Gasteiger partial charge in [0.05, 0.1) is 0 Å². The number of thiophene rings is 1. The lowest BCUT2D eigenvalue weighted by atomic mass is 10.1. The Morgan fingerprint density at radius 2 is 2.19 bits per heavy atom. The van der Waals surface area contributed by atoms with Crippen LogP contribution in [0.5, 0.6) is 0 Å². The lowest BCUT2D eigenvalue weighted by Crippen LogP contribution is -2.20. The number of imidazole rings is 1. The van der Waals surface area contributed by atoms with E-state index in [2.05, 4.69) is 58.3 Å². The van der Waals surface area contributed by atoms with Gasteiger partial charge in [0.2, 0.25) is 0 Å². The van der Waals surface area contributed by atoms with Crippen molar-refractivity contribution in [3.63, 3.8) is 0 Å². The Morgan fingerprint density at radius 3 is 2.95 bits per heavy atom. The number of benzene rings is 1. The number of aryl methyl sites for hydroxylation is 1. The van der Waals surface area contributed by atoms with Gasteiger partial charge in [-0.3, -0.25) is 0 Å². The molecule has 0 aliphatic heterocycles. The molecular formula is C17H21N3S. The molecule has 3 aromatic rings. The minimum absolute atomic E-state index is 0.320. The van der Waals surface area contributed by atoms with Crippen molar-refractivity contribution in [3.8, 4) is 0 Å². The van der Waals surface area contributed by atoms with Crippen molar-refractivity contribution in [2.75, 3.05) is 7.05 Å². The van der Waals surface area contributed by atoms with Gasteiger partial charge in [-0.05, 0) is 31.0 Å². The molecule has 110 valence electrons. The number of aromatic nitrogens is 2. The van der Waals surface area contributed by atoms with Gasteiger partial charge in [-0.15, -0.1) is 11.3 Å². The summed E-state index contributed by atoms with van der Waals surface area (Å²) in [7, 11) is 2.03. The van der Waals surface area contributed by atoms with Crippen LogP contribution >= 0.6 is 11.3 Å². The quantitative estimate of drug-likeness (QED) is 0.745. The first-order valence-corrected chi connectivity index (χ1v) is 8.29. The second-order valence-electron chi connectivity index (χ2n) is 5.27. The fraction of sp³-hybridized carbons (Fsp3) is 0.353. The smallest absolute Gasteiger partial charge is 0.110 e. The third-order valence-corrected chi connectivity index (χ3v) is 5.02. The largest absolute Gasteiger partial charge is 0.335 e. The molecule has 21 heavy (non-hydrogen) atoms. The van der Waals surface area contributed by atoms with Gasteiger partial charge in [0.15, 0.2) is 0 Å². The van der Waals surface area contributed by atoms with Crippen LogP contribution in [0.1, 0.15) is 30.1 Å². The highest BCUT2D eigenvalue weighted by atomic mass is 32.1. The summed E-state index contributed by atoms with van der Waals surface area (Å²) in [5.74, 6) is 1.16. The Labute approximate surface area is 129 Å². The van der Waals surface area contributed by atoms with Crippen LogP contribution < -0.4 is 5.32 Å². The van der Waals surface area contributed by atoms with Gasteiger partial charge in [-0.1, -0.05) is 25.1 Å². The minimum atomic E-state index is 0.320. The number of hydrogen-bond donors (Lipinski definition) is 1. The number of hydrogen-bond acceptors (Lipinski definition) is 3. The first-order chi connectivity index (χ1) is 10.3. The summed E-state index contributed by atoms with van der Waals surface area (Å²) in [4.78, 5) is 5.91.